The fourth-order valence-corrected chi connectivity index (χ4v) is 3.55. The summed E-state index contributed by atoms with van der Waals surface area (Å²) in [5, 5.41) is 25.4. The van der Waals surface area contributed by atoms with Crippen LogP contribution in [0.4, 0.5) is 0 Å². The molecule has 210 valence electrons. The Hall–Kier alpha value is -4.79. The average molecular weight is 546 g/mol. The maximum Gasteiger partial charge on any atom is 0.326 e. The number of rotatable bonds is 16. The van der Waals surface area contributed by atoms with Crippen LogP contribution in [-0.4, -0.2) is 79.9 Å². The average Bonchev–Trinajstić information content (AvgIpc) is 3.38. The van der Waals surface area contributed by atoms with E-state index in [0.29, 0.717) is 5.69 Å². The number of carbonyl (C=O) groups excluding carboxylic acids is 4. The molecule has 4 atom stereocenters. The van der Waals surface area contributed by atoms with Gasteiger partial charge in [-0.1, -0.05) is 30.3 Å². The lowest BCUT2D eigenvalue weighted by Crippen LogP contribution is -2.58. The van der Waals surface area contributed by atoms with Gasteiger partial charge in [0.05, 0.1) is 18.8 Å². The Bertz CT molecular complexity index is 1160. The first-order chi connectivity index (χ1) is 18.5. The number of nitrogens with one attached hydrogen (secondary N) is 4. The van der Waals surface area contributed by atoms with Crippen LogP contribution in [0.2, 0.25) is 0 Å². The number of primary amides is 1. The summed E-state index contributed by atoms with van der Waals surface area (Å²) in [5.74, 6) is -6.30. The Morgan fingerprint density at radius 3 is 2.05 bits per heavy atom. The van der Waals surface area contributed by atoms with Crippen LogP contribution in [0.25, 0.3) is 0 Å². The van der Waals surface area contributed by atoms with Gasteiger partial charge in [-0.2, -0.15) is 0 Å². The molecule has 1 aromatic heterocycles. The van der Waals surface area contributed by atoms with E-state index in [1.807, 2.05) is 0 Å². The number of aromatic amines is 1. The molecule has 0 radical (unpaired) electrons. The third-order valence-electron chi connectivity index (χ3n) is 5.55. The third-order valence-corrected chi connectivity index (χ3v) is 5.55. The SMILES string of the molecule is NC(=O)CC(NC(=O)C(Cc1cnc[nH]1)NC(=O)C(CCC(=O)O)NC(=O)C(N)Cc1ccccc1)C(=O)O. The molecule has 10 N–H and O–H groups in total. The predicted octanol–water partition coefficient (Wildman–Crippen LogP) is -2.20. The molecule has 0 aliphatic heterocycles. The summed E-state index contributed by atoms with van der Waals surface area (Å²) >= 11 is 0. The van der Waals surface area contributed by atoms with Crippen molar-refractivity contribution < 1.29 is 39.0 Å². The number of benzene rings is 1. The summed E-state index contributed by atoms with van der Waals surface area (Å²) < 4.78 is 0. The van der Waals surface area contributed by atoms with Crippen molar-refractivity contribution in [1.82, 2.24) is 25.9 Å². The second kappa shape index (κ2) is 14.8. The van der Waals surface area contributed by atoms with Crippen LogP contribution >= 0.6 is 0 Å². The summed E-state index contributed by atoms with van der Waals surface area (Å²) in [5.41, 5.74) is 12.2. The lowest BCUT2D eigenvalue weighted by molar-refractivity contribution is -0.143. The highest BCUT2D eigenvalue weighted by Gasteiger charge is 2.31. The van der Waals surface area contributed by atoms with Crippen LogP contribution in [0.1, 0.15) is 30.5 Å². The predicted molar refractivity (Wildman–Crippen MR) is 135 cm³/mol. The molecule has 1 heterocycles. The van der Waals surface area contributed by atoms with E-state index in [1.165, 1.54) is 12.5 Å². The van der Waals surface area contributed by atoms with E-state index in [2.05, 4.69) is 25.9 Å². The van der Waals surface area contributed by atoms with Gasteiger partial charge in [0.15, 0.2) is 0 Å². The topological polar surface area (TPSA) is 260 Å². The van der Waals surface area contributed by atoms with E-state index in [9.17, 15) is 33.9 Å². The Morgan fingerprint density at radius 2 is 1.49 bits per heavy atom. The third kappa shape index (κ3) is 10.6. The first-order valence-electron chi connectivity index (χ1n) is 11.9. The van der Waals surface area contributed by atoms with Gasteiger partial charge in [0.1, 0.15) is 18.1 Å². The minimum Gasteiger partial charge on any atom is -0.481 e. The summed E-state index contributed by atoms with van der Waals surface area (Å²) in [6.45, 7) is 0. The number of carbonyl (C=O) groups is 6. The van der Waals surface area contributed by atoms with Gasteiger partial charge in [-0.05, 0) is 18.4 Å². The lowest BCUT2D eigenvalue weighted by Gasteiger charge is -2.25. The first-order valence-corrected chi connectivity index (χ1v) is 11.9. The number of amides is 4. The molecule has 0 spiro atoms. The fraction of sp³-hybridized carbons (Fsp3) is 0.375. The van der Waals surface area contributed by atoms with Crippen molar-refractivity contribution in [3.05, 3.63) is 54.1 Å². The molecule has 0 saturated carbocycles. The van der Waals surface area contributed by atoms with E-state index in [0.717, 1.165) is 5.56 Å². The number of aliphatic carboxylic acids is 2. The summed E-state index contributed by atoms with van der Waals surface area (Å²) in [6, 6.07) is 3.38. The molecule has 15 heteroatoms. The zero-order chi connectivity index (χ0) is 28.9. The Labute approximate surface area is 222 Å². The first kappa shape index (κ1) is 30.4. The quantitative estimate of drug-likeness (QED) is 0.113. The number of H-pyrrole nitrogens is 1. The smallest absolute Gasteiger partial charge is 0.326 e. The van der Waals surface area contributed by atoms with E-state index in [1.54, 1.807) is 30.3 Å². The van der Waals surface area contributed by atoms with E-state index >= 15 is 0 Å². The van der Waals surface area contributed by atoms with Crippen molar-refractivity contribution in [2.24, 2.45) is 11.5 Å². The largest absolute Gasteiger partial charge is 0.481 e. The van der Waals surface area contributed by atoms with E-state index < -0.39 is 72.6 Å². The summed E-state index contributed by atoms with van der Waals surface area (Å²) in [6.07, 6.45) is 1.18. The van der Waals surface area contributed by atoms with Crippen LogP contribution in [0, 0.1) is 0 Å². The number of nitrogens with zero attached hydrogens (tertiary/aromatic N) is 1. The molecule has 1 aromatic carbocycles. The highest BCUT2D eigenvalue weighted by atomic mass is 16.4. The molecule has 4 unspecified atom stereocenters. The molecule has 0 aliphatic rings. The second-order valence-electron chi connectivity index (χ2n) is 8.70. The normalized spacial score (nSPS) is 13.8. The van der Waals surface area contributed by atoms with Gasteiger partial charge < -0.3 is 42.6 Å². The maximum atomic E-state index is 13.2. The number of imidazole rings is 1. The molecule has 0 saturated heterocycles. The monoisotopic (exact) mass is 545 g/mol. The van der Waals surface area contributed by atoms with Crippen LogP contribution in [0.5, 0.6) is 0 Å². The van der Waals surface area contributed by atoms with Crippen molar-refractivity contribution in [3.63, 3.8) is 0 Å². The molecule has 0 fully saturated rings. The van der Waals surface area contributed by atoms with Crippen LogP contribution < -0.4 is 27.4 Å². The minimum atomic E-state index is -1.66. The Balaban J connectivity index is 2.19. The Morgan fingerprint density at radius 1 is 0.872 bits per heavy atom. The van der Waals surface area contributed by atoms with Gasteiger partial charge in [-0.15, -0.1) is 0 Å². The van der Waals surface area contributed by atoms with Gasteiger partial charge in [-0.25, -0.2) is 9.78 Å². The minimum absolute atomic E-state index is 0.154. The Kier molecular flexibility index (Phi) is 11.6. The van der Waals surface area contributed by atoms with Gasteiger partial charge in [-0.3, -0.25) is 24.0 Å². The molecule has 39 heavy (non-hydrogen) atoms. The van der Waals surface area contributed by atoms with E-state index in [-0.39, 0.29) is 19.3 Å². The highest BCUT2D eigenvalue weighted by Crippen LogP contribution is 2.06. The fourth-order valence-electron chi connectivity index (χ4n) is 3.55. The molecular formula is C24H31N7O8. The van der Waals surface area contributed by atoms with Crippen LogP contribution in [-0.2, 0) is 41.6 Å². The van der Waals surface area contributed by atoms with Gasteiger partial charge in [0, 0.05) is 24.7 Å². The molecular weight excluding hydrogens is 514 g/mol. The van der Waals surface area contributed by atoms with Crippen LogP contribution in [0.3, 0.4) is 0 Å². The van der Waals surface area contributed by atoms with Crippen molar-refractivity contribution in [2.75, 3.05) is 0 Å². The zero-order valence-electron chi connectivity index (χ0n) is 20.8. The lowest BCUT2D eigenvalue weighted by atomic mass is 10.0. The van der Waals surface area contributed by atoms with E-state index in [4.69, 9.17) is 16.6 Å². The number of hydrogen-bond donors (Lipinski definition) is 8. The zero-order valence-corrected chi connectivity index (χ0v) is 20.8. The van der Waals surface area contributed by atoms with Gasteiger partial charge in [0.25, 0.3) is 0 Å². The number of aromatic nitrogens is 2. The summed E-state index contributed by atoms with van der Waals surface area (Å²) in [4.78, 5) is 79.3. The van der Waals surface area contributed by atoms with Crippen molar-refractivity contribution >= 4 is 35.6 Å². The summed E-state index contributed by atoms with van der Waals surface area (Å²) in [7, 11) is 0. The molecule has 2 rings (SSSR count). The van der Waals surface area contributed by atoms with Gasteiger partial charge in [0.2, 0.25) is 23.6 Å². The number of carboxylic acid groups (broad SMARTS) is 2. The van der Waals surface area contributed by atoms with Crippen molar-refractivity contribution in [2.45, 2.75) is 56.3 Å². The number of hydrogen-bond acceptors (Lipinski definition) is 8. The highest BCUT2D eigenvalue weighted by molar-refractivity contribution is 5.95. The van der Waals surface area contributed by atoms with Crippen molar-refractivity contribution in [1.29, 1.82) is 0 Å². The van der Waals surface area contributed by atoms with Crippen LogP contribution in [0.15, 0.2) is 42.9 Å². The molecule has 4 amide bonds. The number of nitrogens with two attached hydrogens (primary N) is 2. The molecule has 0 bridgehead atoms. The molecule has 0 aliphatic carbocycles. The standard InChI is InChI=1S/C24H31N7O8/c25-15(8-13-4-2-1-3-5-13)21(35)29-16(6-7-20(33)34)22(36)30-17(9-14-11-27-12-28-14)23(37)31-18(24(38)39)10-19(26)32/h1-5,11-12,15-18H,6-10,25H2,(H2,26,32)(H,27,28)(H,29,35)(H,30,36)(H,31,37)(H,33,34)(H,38,39). The van der Waals surface area contributed by atoms with Crippen molar-refractivity contribution in [3.8, 4) is 0 Å². The van der Waals surface area contributed by atoms with Gasteiger partial charge >= 0.3 is 11.9 Å². The molecule has 15 nitrogen and oxygen atoms in total. The maximum absolute atomic E-state index is 13.2. The number of carboxylic acids is 2. The molecule has 2 aromatic rings. The second-order valence-corrected chi connectivity index (χ2v) is 8.70.